The number of hydrogen-bond donors (Lipinski definition) is 0. The fourth-order valence-electron chi connectivity index (χ4n) is 6.63. The summed E-state index contributed by atoms with van der Waals surface area (Å²) >= 11 is 0. The molecule has 0 spiro atoms. The molecule has 0 radical (unpaired) electrons. The maximum absolute atomic E-state index is 2.26. The van der Waals surface area contributed by atoms with E-state index in [2.05, 4.69) is 184 Å². The highest BCUT2D eigenvalue weighted by Gasteiger charge is 2.36. The molecule has 1 heterocycles. The second kappa shape index (κ2) is 10.8. The van der Waals surface area contributed by atoms with Crippen LogP contribution in [0.1, 0.15) is 0 Å². The molecule has 0 amide bonds. The summed E-state index contributed by atoms with van der Waals surface area (Å²) in [6.45, 7) is 0. The van der Waals surface area contributed by atoms with E-state index in [9.17, 15) is 0 Å². The Morgan fingerprint density at radius 2 is 0.575 bits per heavy atom. The third-order valence-electron chi connectivity index (χ3n) is 8.50. The van der Waals surface area contributed by atoms with Crippen molar-refractivity contribution in [2.45, 2.75) is 0 Å². The Balaban J connectivity index is 0.000000164. The van der Waals surface area contributed by atoms with Crippen molar-refractivity contribution < 1.29 is 0 Å². The van der Waals surface area contributed by atoms with Gasteiger partial charge in [0.1, 0.15) is 17.5 Å². The van der Waals surface area contributed by atoms with Crippen LogP contribution in [0.15, 0.2) is 170 Å². The zero-order valence-corrected chi connectivity index (χ0v) is 23.2. The van der Waals surface area contributed by atoms with Crippen molar-refractivity contribution in [3.8, 4) is 11.1 Å². The molecule has 0 aromatic heterocycles. The Hall–Kier alpha value is -4.66. The number of quaternary nitrogens is 1. The molecule has 40 heavy (non-hydrogen) atoms. The second-order valence-corrected chi connectivity index (χ2v) is 11.0. The van der Waals surface area contributed by atoms with Crippen LogP contribution < -0.4 is 26.3 Å². The van der Waals surface area contributed by atoms with Crippen LogP contribution in [0.25, 0.3) is 11.1 Å². The monoisotopic (exact) mass is 515 g/mol. The van der Waals surface area contributed by atoms with Crippen molar-refractivity contribution in [3.63, 3.8) is 0 Å². The zero-order valence-electron chi connectivity index (χ0n) is 23.2. The molecule has 7 rings (SSSR count). The van der Waals surface area contributed by atoms with Gasteiger partial charge in [-0.15, -0.1) is 0 Å². The first-order chi connectivity index (χ1) is 19.6. The molecule has 0 N–H and O–H groups in total. The number of rotatable bonds is 4. The molecule has 1 nitrogen and oxygen atoms in total. The van der Waals surface area contributed by atoms with Crippen molar-refractivity contribution in [3.05, 3.63) is 170 Å². The van der Waals surface area contributed by atoms with E-state index >= 15 is 0 Å². The van der Waals surface area contributed by atoms with Gasteiger partial charge < -0.3 is 0 Å². The number of hydrogen-bond acceptors (Lipinski definition) is 0. The molecule has 2 heteroatoms. The largest absolute Gasteiger partial charge is 0.263 e. The molecule has 0 unspecified atom stereocenters. The highest BCUT2D eigenvalue weighted by Crippen LogP contribution is 2.50. The minimum atomic E-state index is -1.22. The van der Waals surface area contributed by atoms with Crippen LogP contribution in [0.4, 0.5) is 11.4 Å². The van der Waals surface area contributed by atoms with E-state index in [-0.39, 0.29) is 0 Å². The van der Waals surface area contributed by atoms with Gasteiger partial charge >= 0.3 is 0 Å². The van der Waals surface area contributed by atoms with Gasteiger partial charge in [0.25, 0.3) is 0 Å². The van der Waals surface area contributed by atoms with Crippen LogP contribution in [-0.2, 0) is 0 Å². The van der Waals surface area contributed by atoms with Gasteiger partial charge in [0.15, 0.2) is 0 Å². The summed E-state index contributed by atoms with van der Waals surface area (Å²) < 4.78 is 0.854. The fourth-order valence-corrected chi connectivity index (χ4v) is 6.63. The topological polar surface area (TPSA) is 0 Å². The lowest BCUT2D eigenvalue weighted by Gasteiger charge is -2.44. The minimum Gasteiger partial charge on any atom is -0.263 e. The Labute approximate surface area is 238 Å². The van der Waals surface area contributed by atoms with E-state index in [0.29, 0.717) is 0 Å². The molecule has 0 saturated carbocycles. The highest BCUT2D eigenvalue weighted by atomic mass is 15.3. The number of benzene rings is 6. The fraction of sp³-hybridized carbons (Fsp3) is 0.0526. The summed E-state index contributed by atoms with van der Waals surface area (Å²) in [6, 6.07) is 60.8. The summed E-state index contributed by atoms with van der Waals surface area (Å²) in [4.78, 5) is 0. The molecule has 0 aliphatic carbocycles. The van der Waals surface area contributed by atoms with E-state index in [1.807, 2.05) is 0 Å². The first-order valence-electron chi connectivity index (χ1n) is 14.0. The average Bonchev–Trinajstić information content (AvgIpc) is 3.27. The second-order valence-electron chi connectivity index (χ2n) is 11.0. The smallest absolute Gasteiger partial charge is 0.145 e. The highest BCUT2D eigenvalue weighted by molar-refractivity contribution is 7.19. The summed E-state index contributed by atoms with van der Waals surface area (Å²) in [5.41, 5.74) is 10.9. The summed E-state index contributed by atoms with van der Waals surface area (Å²) in [7, 11) is 4.48. The van der Waals surface area contributed by atoms with E-state index < -0.39 is 6.15 Å². The minimum absolute atomic E-state index is 0.854. The van der Waals surface area contributed by atoms with Crippen LogP contribution in [0.5, 0.6) is 0 Å². The number of nitrogens with zero attached hydrogens (tertiary/aromatic N) is 1. The SMILES string of the molecule is C[N+]1(C)c2ccccc2-c2ccccc21.c1ccc([B-](c2ccccc2)(c2ccccc2)c2ccccc2)cc1. The van der Waals surface area contributed by atoms with Gasteiger partial charge in [-0.1, -0.05) is 146 Å². The van der Waals surface area contributed by atoms with Crippen molar-refractivity contribution in [1.29, 1.82) is 0 Å². The van der Waals surface area contributed by atoms with E-state index in [1.165, 1.54) is 44.4 Å². The predicted molar refractivity (Wildman–Crippen MR) is 175 cm³/mol. The molecule has 0 bridgehead atoms. The Morgan fingerprint density at radius 1 is 0.325 bits per heavy atom. The van der Waals surface area contributed by atoms with Gasteiger partial charge in [0.05, 0.1) is 14.1 Å². The molecule has 0 saturated heterocycles. The van der Waals surface area contributed by atoms with Gasteiger partial charge in [-0.2, -0.15) is 21.9 Å². The summed E-state index contributed by atoms with van der Waals surface area (Å²) in [6.07, 6.45) is -1.22. The average molecular weight is 516 g/mol. The van der Waals surface area contributed by atoms with Gasteiger partial charge in [-0.3, -0.25) is 4.48 Å². The molecule has 0 fully saturated rings. The molecule has 6 aromatic carbocycles. The summed E-state index contributed by atoms with van der Waals surface area (Å²) in [5, 5.41) is 0. The van der Waals surface area contributed by atoms with Crippen LogP contribution in [-0.4, -0.2) is 20.2 Å². The number of fused-ring (bicyclic) bond motifs is 3. The lowest BCUT2D eigenvalue weighted by atomic mass is 9.13. The molecular weight excluding hydrogens is 481 g/mol. The lowest BCUT2D eigenvalue weighted by molar-refractivity contribution is 0.568. The maximum atomic E-state index is 2.26. The molecule has 0 atom stereocenters. The zero-order chi connectivity index (χ0) is 27.4. The molecular formula is C38H34BN. The molecule has 194 valence electrons. The third kappa shape index (κ3) is 4.37. The van der Waals surface area contributed by atoms with Crippen molar-refractivity contribution in [1.82, 2.24) is 4.48 Å². The summed E-state index contributed by atoms with van der Waals surface area (Å²) in [5.74, 6) is 0. The van der Waals surface area contributed by atoms with Gasteiger partial charge in [0.2, 0.25) is 0 Å². The first-order valence-corrected chi connectivity index (χ1v) is 14.0. The molecule has 1 aliphatic heterocycles. The standard InChI is InChI=1S/C24H20B.C14H14N/c1-5-13-21(14-6-1)25(22-15-7-2-8-16-22,23-17-9-3-10-18-23)24-19-11-4-12-20-24;1-15(2)13-9-5-3-7-11(13)12-8-4-6-10-14(12)15/h1-20H;3-10H,1-2H3/q-1;+1. The van der Waals surface area contributed by atoms with Crippen LogP contribution >= 0.6 is 0 Å². The van der Waals surface area contributed by atoms with Crippen molar-refractivity contribution in [2.75, 3.05) is 14.1 Å². The maximum Gasteiger partial charge on any atom is 0.145 e. The van der Waals surface area contributed by atoms with Gasteiger partial charge in [-0.25, -0.2) is 0 Å². The van der Waals surface area contributed by atoms with E-state index in [1.54, 1.807) is 0 Å². The third-order valence-corrected chi connectivity index (χ3v) is 8.50. The molecule has 1 aliphatic rings. The molecule has 6 aromatic rings. The van der Waals surface area contributed by atoms with Crippen LogP contribution in [0, 0.1) is 0 Å². The van der Waals surface area contributed by atoms with Crippen molar-refractivity contribution >= 4 is 39.4 Å². The van der Waals surface area contributed by atoms with E-state index in [0.717, 1.165) is 4.48 Å². The van der Waals surface area contributed by atoms with Gasteiger partial charge in [0, 0.05) is 23.3 Å². The van der Waals surface area contributed by atoms with Crippen LogP contribution in [0.2, 0.25) is 0 Å². The van der Waals surface area contributed by atoms with E-state index in [4.69, 9.17) is 0 Å². The normalized spacial score (nSPS) is 12.9. The van der Waals surface area contributed by atoms with Gasteiger partial charge in [-0.05, 0) is 12.1 Å². The predicted octanol–water partition coefficient (Wildman–Crippen LogP) is 6.63. The Morgan fingerprint density at radius 3 is 0.875 bits per heavy atom. The Kier molecular flexibility index (Phi) is 6.94. The lowest BCUT2D eigenvalue weighted by Crippen LogP contribution is -2.74. The van der Waals surface area contributed by atoms with Crippen LogP contribution in [0.3, 0.4) is 0 Å². The van der Waals surface area contributed by atoms with Crippen molar-refractivity contribution in [2.24, 2.45) is 0 Å². The first kappa shape index (κ1) is 25.6. The quantitative estimate of drug-likeness (QED) is 0.183. The number of para-hydroxylation sites is 2. The Bertz CT molecular complexity index is 1480.